The first-order chi connectivity index (χ1) is 11.5. The largest absolute Gasteiger partial charge is 0.480 e. The van der Waals surface area contributed by atoms with Crippen molar-refractivity contribution in [2.75, 3.05) is 39.8 Å². The molecular weight excluding hydrogens is 308 g/mol. The standard InChI is InChI=1S/C18H30N2O4/c1-19(12-17(21)22)10-14-11-20(7-8-24-14)18(23)16-9-15(16)13-5-3-2-4-6-13/h13-16H,2-12H2,1H3,(H,21,22). The molecule has 0 bridgehead atoms. The Labute approximate surface area is 144 Å². The summed E-state index contributed by atoms with van der Waals surface area (Å²) < 4.78 is 5.73. The quantitative estimate of drug-likeness (QED) is 0.794. The fraction of sp³-hybridized carbons (Fsp3) is 0.889. The number of aliphatic carboxylic acids is 1. The van der Waals surface area contributed by atoms with Crippen LogP contribution in [0.4, 0.5) is 0 Å². The molecule has 3 aliphatic rings. The highest BCUT2D eigenvalue weighted by molar-refractivity contribution is 5.81. The van der Waals surface area contributed by atoms with Crippen LogP contribution in [-0.2, 0) is 14.3 Å². The summed E-state index contributed by atoms with van der Waals surface area (Å²) in [4.78, 5) is 27.2. The second-order valence-electron chi connectivity index (χ2n) is 7.77. The van der Waals surface area contributed by atoms with Crippen molar-refractivity contribution in [2.24, 2.45) is 17.8 Å². The average molecular weight is 338 g/mol. The third-order valence-corrected chi connectivity index (χ3v) is 5.78. The summed E-state index contributed by atoms with van der Waals surface area (Å²) in [6, 6.07) is 0. The van der Waals surface area contributed by atoms with Crippen LogP contribution in [0.3, 0.4) is 0 Å². The molecule has 1 N–H and O–H groups in total. The van der Waals surface area contributed by atoms with Crippen LogP contribution in [0.2, 0.25) is 0 Å². The molecule has 24 heavy (non-hydrogen) atoms. The maximum Gasteiger partial charge on any atom is 0.317 e. The summed E-state index contributed by atoms with van der Waals surface area (Å²) >= 11 is 0. The summed E-state index contributed by atoms with van der Waals surface area (Å²) in [6.07, 6.45) is 7.62. The van der Waals surface area contributed by atoms with Crippen molar-refractivity contribution in [1.82, 2.24) is 9.80 Å². The number of carbonyl (C=O) groups excluding carboxylic acids is 1. The molecular formula is C18H30N2O4. The van der Waals surface area contributed by atoms with Crippen LogP contribution in [0.25, 0.3) is 0 Å². The predicted molar refractivity (Wildman–Crippen MR) is 89.6 cm³/mol. The zero-order valence-electron chi connectivity index (χ0n) is 14.7. The number of hydrogen-bond donors (Lipinski definition) is 1. The molecule has 6 nitrogen and oxygen atoms in total. The monoisotopic (exact) mass is 338 g/mol. The van der Waals surface area contributed by atoms with Gasteiger partial charge < -0.3 is 14.7 Å². The van der Waals surface area contributed by atoms with Gasteiger partial charge in [0, 0.05) is 25.6 Å². The highest BCUT2D eigenvalue weighted by Crippen LogP contribution is 2.50. The van der Waals surface area contributed by atoms with E-state index < -0.39 is 5.97 Å². The van der Waals surface area contributed by atoms with Crippen molar-refractivity contribution in [2.45, 2.75) is 44.6 Å². The highest BCUT2D eigenvalue weighted by Gasteiger charge is 2.49. The molecule has 3 rings (SSSR count). The molecule has 3 unspecified atom stereocenters. The van der Waals surface area contributed by atoms with Crippen molar-refractivity contribution < 1.29 is 19.4 Å². The van der Waals surface area contributed by atoms with E-state index in [0.29, 0.717) is 38.1 Å². The Hall–Kier alpha value is -1.14. The van der Waals surface area contributed by atoms with E-state index in [1.165, 1.54) is 32.1 Å². The second kappa shape index (κ2) is 7.83. The summed E-state index contributed by atoms with van der Waals surface area (Å²) in [6.45, 7) is 2.37. The number of rotatable bonds is 6. The lowest BCUT2D eigenvalue weighted by molar-refractivity contribution is -0.143. The second-order valence-corrected chi connectivity index (χ2v) is 7.77. The molecule has 1 heterocycles. The number of amides is 1. The number of carbonyl (C=O) groups is 2. The molecule has 2 saturated carbocycles. The molecule has 0 aromatic carbocycles. The predicted octanol–water partition coefficient (Wildman–Crippen LogP) is 1.45. The molecule has 3 fully saturated rings. The van der Waals surface area contributed by atoms with Gasteiger partial charge in [0.15, 0.2) is 0 Å². The van der Waals surface area contributed by atoms with Crippen molar-refractivity contribution in [3.05, 3.63) is 0 Å². The molecule has 1 amide bonds. The van der Waals surface area contributed by atoms with E-state index in [9.17, 15) is 9.59 Å². The van der Waals surface area contributed by atoms with E-state index in [-0.39, 0.29) is 18.6 Å². The minimum Gasteiger partial charge on any atom is -0.480 e. The molecule has 136 valence electrons. The van der Waals surface area contributed by atoms with Gasteiger partial charge >= 0.3 is 5.97 Å². The number of carboxylic acids is 1. The van der Waals surface area contributed by atoms with Crippen LogP contribution in [0.15, 0.2) is 0 Å². The molecule has 1 saturated heterocycles. The van der Waals surface area contributed by atoms with Gasteiger partial charge in [-0.25, -0.2) is 0 Å². The van der Waals surface area contributed by atoms with Crippen molar-refractivity contribution >= 4 is 11.9 Å². The van der Waals surface area contributed by atoms with Crippen LogP contribution < -0.4 is 0 Å². The van der Waals surface area contributed by atoms with E-state index in [2.05, 4.69) is 0 Å². The zero-order chi connectivity index (χ0) is 17.1. The van der Waals surface area contributed by atoms with Gasteiger partial charge in [-0.05, 0) is 25.3 Å². The Morgan fingerprint density at radius 2 is 2.00 bits per heavy atom. The molecule has 0 aromatic rings. The van der Waals surface area contributed by atoms with Crippen LogP contribution in [-0.4, -0.2) is 72.7 Å². The maximum absolute atomic E-state index is 12.8. The van der Waals surface area contributed by atoms with Crippen LogP contribution >= 0.6 is 0 Å². The number of hydrogen-bond acceptors (Lipinski definition) is 4. The van der Waals surface area contributed by atoms with E-state index >= 15 is 0 Å². The summed E-state index contributed by atoms with van der Waals surface area (Å²) in [5.41, 5.74) is 0. The van der Waals surface area contributed by atoms with Gasteiger partial charge in [0.05, 0.1) is 19.3 Å². The average Bonchev–Trinajstić information content (AvgIpc) is 3.35. The lowest BCUT2D eigenvalue weighted by atomic mass is 9.85. The Bertz CT molecular complexity index is 464. The molecule has 1 aliphatic heterocycles. The molecule has 6 heteroatoms. The van der Waals surface area contributed by atoms with Gasteiger partial charge in [-0.15, -0.1) is 0 Å². The Balaban J connectivity index is 1.46. The maximum atomic E-state index is 12.8. The van der Waals surface area contributed by atoms with Gasteiger partial charge in [0.25, 0.3) is 0 Å². The Morgan fingerprint density at radius 1 is 1.25 bits per heavy atom. The topological polar surface area (TPSA) is 70.1 Å². The van der Waals surface area contributed by atoms with E-state index in [0.717, 1.165) is 12.3 Å². The van der Waals surface area contributed by atoms with E-state index in [1.54, 1.807) is 11.9 Å². The zero-order valence-corrected chi connectivity index (χ0v) is 14.7. The van der Waals surface area contributed by atoms with Crippen LogP contribution in [0.5, 0.6) is 0 Å². The number of ether oxygens (including phenoxy) is 1. The fourth-order valence-electron chi connectivity index (χ4n) is 4.49. The minimum absolute atomic E-state index is 0.000184. The van der Waals surface area contributed by atoms with Crippen molar-refractivity contribution in [3.63, 3.8) is 0 Å². The molecule has 0 radical (unpaired) electrons. The van der Waals surface area contributed by atoms with Crippen molar-refractivity contribution in [1.29, 1.82) is 0 Å². The molecule has 0 aromatic heterocycles. The number of morpholine rings is 1. The number of carboxylic acid groups (broad SMARTS) is 1. The minimum atomic E-state index is -0.838. The van der Waals surface area contributed by atoms with Gasteiger partial charge in [0.2, 0.25) is 5.91 Å². The van der Waals surface area contributed by atoms with Gasteiger partial charge in [0.1, 0.15) is 0 Å². The van der Waals surface area contributed by atoms with Crippen LogP contribution in [0, 0.1) is 17.8 Å². The van der Waals surface area contributed by atoms with E-state index in [1.807, 2.05) is 4.90 Å². The number of likely N-dealkylation sites (N-methyl/N-ethyl adjacent to an activating group) is 1. The summed E-state index contributed by atoms with van der Waals surface area (Å²) in [5, 5.41) is 8.84. The van der Waals surface area contributed by atoms with Crippen LogP contribution in [0.1, 0.15) is 38.5 Å². The van der Waals surface area contributed by atoms with Gasteiger partial charge in [-0.1, -0.05) is 32.1 Å². The van der Waals surface area contributed by atoms with Gasteiger partial charge in [-0.2, -0.15) is 0 Å². The molecule has 3 atom stereocenters. The first kappa shape index (κ1) is 17.7. The first-order valence-corrected chi connectivity index (χ1v) is 9.35. The molecule has 2 aliphatic carbocycles. The van der Waals surface area contributed by atoms with E-state index in [4.69, 9.17) is 9.84 Å². The SMILES string of the molecule is CN(CC(=O)O)CC1CN(C(=O)C2CC2C2CCCCC2)CCO1. The first-order valence-electron chi connectivity index (χ1n) is 9.35. The van der Waals surface area contributed by atoms with Crippen molar-refractivity contribution in [3.8, 4) is 0 Å². The lowest BCUT2D eigenvalue weighted by Crippen LogP contribution is -2.50. The Kier molecular flexibility index (Phi) is 5.76. The highest BCUT2D eigenvalue weighted by atomic mass is 16.5. The smallest absolute Gasteiger partial charge is 0.317 e. The fourth-order valence-corrected chi connectivity index (χ4v) is 4.49. The Morgan fingerprint density at radius 3 is 2.71 bits per heavy atom. The summed E-state index contributed by atoms with van der Waals surface area (Å²) in [5.74, 6) is 1.10. The third-order valence-electron chi connectivity index (χ3n) is 5.78. The normalized spacial score (nSPS) is 31.2. The van der Waals surface area contributed by atoms with Gasteiger partial charge in [-0.3, -0.25) is 14.5 Å². The summed E-state index contributed by atoms with van der Waals surface area (Å²) in [7, 11) is 1.78. The third kappa shape index (κ3) is 4.48. The molecule has 0 spiro atoms. The lowest BCUT2D eigenvalue weighted by Gasteiger charge is -2.35. The number of nitrogens with zero attached hydrogens (tertiary/aromatic N) is 2.